The molecule has 0 aliphatic carbocycles. The Morgan fingerprint density at radius 2 is 2.04 bits per heavy atom. The second kappa shape index (κ2) is 6.05. The molecule has 0 radical (unpaired) electrons. The van der Waals surface area contributed by atoms with E-state index >= 15 is 0 Å². The molecule has 1 aromatic carbocycles. The van der Waals surface area contributed by atoms with Gasteiger partial charge in [0.15, 0.2) is 11.4 Å². The molecule has 5 rings (SSSR count). The summed E-state index contributed by atoms with van der Waals surface area (Å²) in [7, 11) is 0. The van der Waals surface area contributed by atoms with Crippen LogP contribution in [0.3, 0.4) is 0 Å². The molecule has 26 heavy (non-hydrogen) atoms. The molecule has 1 atom stereocenters. The summed E-state index contributed by atoms with van der Waals surface area (Å²) in [6.45, 7) is 3.77. The van der Waals surface area contributed by atoms with Gasteiger partial charge in [-0.3, -0.25) is 0 Å². The Bertz CT molecular complexity index is 1090. The minimum absolute atomic E-state index is 0.375. The normalized spacial score (nSPS) is 17.9. The molecule has 0 saturated carbocycles. The number of piperidine rings is 1. The number of benzene rings is 1. The van der Waals surface area contributed by atoms with Crippen molar-refractivity contribution in [3.05, 3.63) is 54.4 Å². The van der Waals surface area contributed by atoms with E-state index in [2.05, 4.69) is 24.8 Å². The lowest BCUT2D eigenvalue weighted by Crippen LogP contribution is -2.35. The van der Waals surface area contributed by atoms with Crippen LogP contribution in [0.1, 0.15) is 30.3 Å². The van der Waals surface area contributed by atoms with E-state index in [9.17, 15) is 0 Å². The lowest BCUT2D eigenvalue weighted by molar-refractivity contribution is 0.495. The molecule has 1 fully saturated rings. The van der Waals surface area contributed by atoms with Crippen LogP contribution in [0.25, 0.3) is 22.1 Å². The molecule has 0 unspecified atom stereocenters. The van der Waals surface area contributed by atoms with E-state index in [4.69, 9.17) is 4.42 Å². The maximum Gasteiger partial charge on any atom is 0.196 e. The van der Waals surface area contributed by atoms with Crippen molar-refractivity contribution < 1.29 is 4.42 Å². The third-order valence-electron chi connectivity index (χ3n) is 5.08. The van der Waals surface area contributed by atoms with Gasteiger partial charge in [-0.05, 0) is 38.0 Å². The van der Waals surface area contributed by atoms with E-state index in [1.807, 2.05) is 43.5 Å². The molecule has 1 saturated heterocycles. The van der Waals surface area contributed by atoms with E-state index < -0.39 is 0 Å². The van der Waals surface area contributed by atoms with Crippen molar-refractivity contribution in [3.8, 4) is 0 Å². The first-order valence-corrected chi connectivity index (χ1v) is 8.96. The predicted octanol–water partition coefficient (Wildman–Crippen LogP) is 3.86. The molecule has 6 heteroatoms. The highest BCUT2D eigenvalue weighted by atomic mass is 16.3. The summed E-state index contributed by atoms with van der Waals surface area (Å²) in [5.41, 5.74) is 3.61. The number of aromatic nitrogens is 4. The third kappa shape index (κ3) is 2.49. The number of para-hydroxylation sites is 1. The number of hydrogen-bond acceptors (Lipinski definition) is 6. The summed E-state index contributed by atoms with van der Waals surface area (Å²) < 4.78 is 6.10. The summed E-state index contributed by atoms with van der Waals surface area (Å²) in [6.07, 6.45) is 5.71. The molecule has 1 aliphatic heterocycles. The molecule has 130 valence electrons. The Balaban J connectivity index is 1.55. The van der Waals surface area contributed by atoms with Crippen molar-refractivity contribution in [2.24, 2.45) is 0 Å². The van der Waals surface area contributed by atoms with Gasteiger partial charge in [-0.1, -0.05) is 12.1 Å². The van der Waals surface area contributed by atoms with Crippen LogP contribution in [-0.2, 0) is 0 Å². The highest BCUT2D eigenvalue weighted by Crippen LogP contribution is 2.35. The van der Waals surface area contributed by atoms with Crippen molar-refractivity contribution in [2.75, 3.05) is 18.0 Å². The first-order valence-electron chi connectivity index (χ1n) is 8.96. The van der Waals surface area contributed by atoms with Gasteiger partial charge in [0.2, 0.25) is 0 Å². The first-order chi connectivity index (χ1) is 12.8. The maximum absolute atomic E-state index is 6.10. The minimum atomic E-state index is 0.375. The van der Waals surface area contributed by atoms with Gasteiger partial charge in [0.1, 0.15) is 23.3 Å². The van der Waals surface area contributed by atoms with Crippen LogP contribution in [0, 0.1) is 6.92 Å². The lowest BCUT2D eigenvalue weighted by atomic mass is 9.94. The van der Waals surface area contributed by atoms with Gasteiger partial charge >= 0.3 is 0 Å². The summed E-state index contributed by atoms with van der Waals surface area (Å²) in [4.78, 5) is 20.2. The molecular weight excluding hydrogens is 326 g/mol. The number of furan rings is 1. The van der Waals surface area contributed by atoms with Gasteiger partial charge in [0.25, 0.3) is 0 Å². The predicted molar refractivity (Wildman–Crippen MR) is 100 cm³/mol. The summed E-state index contributed by atoms with van der Waals surface area (Å²) in [6, 6.07) is 10.0. The van der Waals surface area contributed by atoms with Crippen molar-refractivity contribution >= 4 is 27.9 Å². The monoisotopic (exact) mass is 345 g/mol. The van der Waals surface area contributed by atoms with Crippen LogP contribution in [0.4, 0.5) is 5.82 Å². The van der Waals surface area contributed by atoms with Gasteiger partial charge in [0, 0.05) is 36.3 Å². The maximum atomic E-state index is 6.10. The molecular formula is C20H19N5O. The van der Waals surface area contributed by atoms with Crippen LogP contribution < -0.4 is 4.90 Å². The number of hydrogen-bond donors (Lipinski definition) is 0. The third-order valence-corrected chi connectivity index (χ3v) is 5.08. The Hall–Kier alpha value is -3.02. The van der Waals surface area contributed by atoms with Gasteiger partial charge in [-0.2, -0.15) is 0 Å². The molecule has 0 N–H and O–H groups in total. The molecule has 0 spiro atoms. The molecule has 4 aromatic rings. The quantitative estimate of drug-likeness (QED) is 0.549. The number of rotatable bonds is 2. The second-order valence-corrected chi connectivity index (χ2v) is 6.79. The molecule has 0 amide bonds. The Labute approximate surface area is 150 Å². The fourth-order valence-corrected chi connectivity index (χ4v) is 3.85. The highest BCUT2D eigenvalue weighted by Gasteiger charge is 2.26. The zero-order chi connectivity index (χ0) is 17.5. The number of aryl methyl sites for hydroxylation is 1. The van der Waals surface area contributed by atoms with E-state index in [0.29, 0.717) is 5.92 Å². The number of fused-ring (bicyclic) bond motifs is 3. The lowest BCUT2D eigenvalue weighted by Gasteiger charge is -2.33. The smallest absolute Gasteiger partial charge is 0.196 e. The average molecular weight is 345 g/mol. The summed E-state index contributed by atoms with van der Waals surface area (Å²) in [5, 5.41) is 1.03. The van der Waals surface area contributed by atoms with E-state index in [-0.39, 0.29) is 0 Å². The molecule has 4 heterocycles. The number of anilines is 1. The molecule has 6 nitrogen and oxygen atoms in total. The van der Waals surface area contributed by atoms with E-state index in [1.165, 1.54) is 0 Å². The largest absolute Gasteiger partial charge is 0.450 e. The molecule has 0 bridgehead atoms. The number of nitrogens with zero attached hydrogens (tertiary/aromatic N) is 5. The van der Waals surface area contributed by atoms with Crippen LogP contribution in [0.2, 0.25) is 0 Å². The van der Waals surface area contributed by atoms with Gasteiger partial charge in [-0.25, -0.2) is 19.9 Å². The molecule has 1 aliphatic rings. The first kappa shape index (κ1) is 15.3. The Morgan fingerprint density at radius 3 is 2.96 bits per heavy atom. The van der Waals surface area contributed by atoms with Crippen molar-refractivity contribution in [2.45, 2.75) is 25.7 Å². The summed E-state index contributed by atoms with van der Waals surface area (Å²) >= 11 is 0. The second-order valence-electron chi connectivity index (χ2n) is 6.79. The van der Waals surface area contributed by atoms with Crippen molar-refractivity contribution in [3.63, 3.8) is 0 Å². The zero-order valence-electron chi connectivity index (χ0n) is 14.6. The molecule has 3 aromatic heterocycles. The fourth-order valence-electron chi connectivity index (χ4n) is 3.85. The van der Waals surface area contributed by atoms with Crippen molar-refractivity contribution in [1.82, 2.24) is 19.9 Å². The van der Waals surface area contributed by atoms with Crippen LogP contribution in [0.5, 0.6) is 0 Å². The average Bonchev–Trinajstić information content (AvgIpc) is 3.07. The minimum Gasteiger partial charge on any atom is -0.450 e. The summed E-state index contributed by atoms with van der Waals surface area (Å²) in [5.74, 6) is 2.07. The van der Waals surface area contributed by atoms with Gasteiger partial charge < -0.3 is 9.32 Å². The fraction of sp³-hybridized carbons (Fsp3) is 0.300. The van der Waals surface area contributed by atoms with E-state index in [0.717, 1.165) is 65.3 Å². The van der Waals surface area contributed by atoms with Crippen LogP contribution >= 0.6 is 0 Å². The van der Waals surface area contributed by atoms with Crippen LogP contribution in [-0.4, -0.2) is 33.0 Å². The standard InChI is InChI=1S/C20H19N5O/c1-13-21-9-8-16(24-13)14-5-4-10-25(11-14)20-19-18(22-12-23-20)15-6-2-3-7-17(15)26-19/h2-3,6-9,12,14H,4-5,10-11H2,1H3/t14-/m1/s1. The Kier molecular flexibility index (Phi) is 3.55. The Morgan fingerprint density at radius 1 is 1.12 bits per heavy atom. The highest BCUT2D eigenvalue weighted by molar-refractivity contribution is 6.05. The van der Waals surface area contributed by atoms with Crippen molar-refractivity contribution in [1.29, 1.82) is 0 Å². The topological polar surface area (TPSA) is 67.9 Å². The zero-order valence-corrected chi connectivity index (χ0v) is 14.6. The van der Waals surface area contributed by atoms with Gasteiger partial charge in [-0.15, -0.1) is 0 Å². The van der Waals surface area contributed by atoms with Crippen LogP contribution in [0.15, 0.2) is 47.3 Å². The SMILES string of the molecule is Cc1nccc([C@@H]2CCCN(c3ncnc4c3oc3ccccc34)C2)n1. The van der Waals surface area contributed by atoms with E-state index in [1.54, 1.807) is 6.33 Å². The van der Waals surface area contributed by atoms with Gasteiger partial charge in [0.05, 0.1) is 0 Å².